The summed E-state index contributed by atoms with van der Waals surface area (Å²) in [6, 6.07) is 12.2. The first kappa shape index (κ1) is 24.0. The Kier molecular flexibility index (Phi) is 7.25. The van der Waals surface area contributed by atoms with Crippen molar-refractivity contribution in [2.45, 2.75) is 13.8 Å². The van der Waals surface area contributed by atoms with E-state index in [2.05, 4.69) is 21.4 Å². The molecule has 2 aromatic heterocycles. The molecule has 0 aliphatic rings. The highest BCUT2D eigenvalue weighted by Crippen LogP contribution is 2.20. The topological polar surface area (TPSA) is 161 Å². The van der Waals surface area contributed by atoms with Crippen molar-refractivity contribution in [1.29, 1.82) is 5.26 Å². The smallest absolute Gasteiger partial charge is 0.337 e. The zero-order valence-electron chi connectivity index (χ0n) is 18.4. The molecule has 0 radical (unpaired) electrons. The number of aromatic carboxylic acids is 1. The molecule has 4 rings (SSSR count). The number of benzene rings is 2. The Morgan fingerprint density at radius 2 is 1.65 bits per heavy atom. The van der Waals surface area contributed by atoms with E-state index < -0.39 is 5.97 Å². The average Bonchev–Trinajstić information content (AvgIpc) is 3.41. The second-order valence-electron chi connectivity index (χ2n) is 7.26. The lowest BCUT2D eigenvalue weighted by Gasteiger charge is -2.08. The van der Waals surface area contributed by atoms with Gasteiger partial charge in [0.25, 0.3) is 0 Å². The van der Waals surface area contributed by atoms with Gasteiger partial charge in [-0.3, -0.25) is 0 Å². The second kappa shape index (κ2) is 10.3. The highest BCUT2D eigenvalue weighted by atomic mass is 32.1. The van der Waals surface area contributed by atoms with Crippen LogP contribution in [0.5, 0.6) is 0 Å². The number of nitrogens with zero attached hydrogens (tertiary/aromatic N) is 5. The summed E-state index contributed by atoms with van der Waals surface area (Å²) in [6.07, 6.45) is 6.87. The molecule has 0 saturated heterocycles. The normalized spacial score (nSPS) is 10.0. The minimum Gasteiger partial charge on any atom is -0.478 e. The van der Waals surface area contributed by atoms with Crippen molar-refractivity contribution in [3.63, 3.8) is 0 Å². The van der Waals surface area contributed by atoms with E-state index in [0.29, 0.717) is 22.6 Å². The Labute approximate surface area is 201 Å². The van der Waals surface area contributed by atoms with Crippen molar-refractivity contribution in [1.82, 2.24) is 19.1 Å². The van der Waals surface area contributed by atoms with Crippen molar-refractivity contribution in [2.75, 3.05) is 11.1 Å². The van der Waals surface area contributed by atoms with Crippen LogP contribution in [0.2, 0.25) is 0 Å². The zero-order chi connectivity index (χ0) is 24.8. The molecule has 0 fully saturated rings. The van der Waals surface area contributed by atoms with E-state index in [9.17, 15) is 4.79 Å². The monoisotopic (exact) mass is 474 g/mol. The molecule has 0 bridgehead atoms. The molecule has 11 heteroatoms. The number of nitrogen functional groups attached to an aromatic ring is 1. The SMILES string of the molecule is Cc1cn(-c2ccc(N)cc2C(=O)O)cn1.Cc1cn(-c2ccc(NC(N)=S)cc2C#N)cn1. The van der Waals surface area contributed by atoms with Gasteiger partial charge in [-0.15, -0.1) is 0 Å². The molecule has 0 saturated carbocycles. The zero-order valence-corrected chi connectivity index (χ0v) is 19.2. The minimum absolute atomic E-state index is 0.164. The summed E-state index contributed by atoms with van der Waals surface area (Å²) >= 11 is 4.76. The number of carboxylic acid groups (broad SMARTS) is 1. The lowest BCUT2D eigenvalue weighted by Crippen LogP contribution is -2.18. The number of nitrogens with two attached hydrogens (primary N) is 2. The van der Waals surface area contributed by atoms with Gasteiger partial charge in [-0.1, -0.05) is 0 Å². The standard InChI is InChI=1S/C12H11N5S.C11H11N3O2/c1-8-6-17(7-15-8)11-3-2-10(16-12(14)18)4-9(11)5-13;1-7-5-14(6-13-7)10-3-2-8(12)4-9(10)11(15)16/h2-4,6-7H,1H3,(H3,14,16,18);2-6H,12H2,1H3,(H,15,16). The van der Waals surface area contributed by atoms with Crippen LogP contribution in [0.3, 0.4) is 0 Å². The number of imidazole rings is 2. The number of nitrogens with one attached hydrogen (secondary N) is 1. The van der Waals surface area contributed by atoms with Crippen molar-refractivity contribution in [3.05, 3.63) is 84.0 Å². The Bertz CT molecular complexity index is 1400. The van der Waals surface area contributed by atoms with E-state index in [1.165, 1.54) is 6.07 Å². The second-order valence-corrected chi connectivity index (χ2v) is 7.70. The number of hydrogen-bond acceptors (Lipinski definition) is 6. The molecular formula is C23H22N8O2S. The van der Waals surface area contributed by atoms with Gasteiger partial charge in [0.15, 0.2) is 5.11 Å². The van der Waals surface area contributed by atoms with Crippen molar-refractivity contribution in [2.24, 2.45) is 5.73 Å². The minimum atomic E-state index is -1.01. The molecule has 0 aliphatic carbocycles. The van der Waals surface area contributed by atoms with Gasteiger partial charge < -0.3 is 31.0 Å². The van der Waals surface area contributed by atoms with Crippen LogP contribution < -0.4 is 16.8 Å². The van der Waals surface area contributed by atoms with Crippen LogP contribution in [0.1, 0.15) is 27.3 Å². The largest absolute Gasteiger partial charge is 0.478 e. The molecule has 0 amide bonds. The van der Waals surface area contributed by atoms with Crippen LogP contribution in [0.25, 0.3) is 11.4 Å². The maximum atomic E-state index is 11.1. The number of carbonyl (C=O) groups is 1. The Balaban J connectivity index is 0.000000192. The summed E-state index contributed by atoms with van der Waals surface area (Å²) in [4.78, 5) is 19.3. The molecule has 0 spiro atoms. The van der Waals surface area contributed by atoms with Crippen LogP contribution in [0.15, 0.2) is 61.4 Å². The average molecular weight is 475 g/mol. The van der Waals surface area contributed by atoms with Crippen LogP contribution in [-0.4, -0.2) is 35.3 Å². The van der Waals surface area contributed by atoms with E-state index in [4.69, 9.17) is 34.1 Å². The fraction of sp³-hybridized carbons (Fsp3) is 0.0870. The molecule has 2 heterocycles. The van der Waals surface area contributed by atoms with Crippen molar-refractivity contribution < 1.29 is 9.90 Å². The van der Waals surface area contributed by atoms with E-state index >= 15 is 0 Å². The van der Waals surface area contributed by atoms with Gasteiger partial charge in [0, 0.05) is 23.8 Å². The molecule has 0 aliphatic heterocycles. The third-order valence-corrected chi connectivity index (χ3v) is 4.72. The maximum absolute atomic E-state index is 11.1. The summed E-state index contributed by atoms with van der Waals surface area (Å²) in [5, 5.41) is 21.2. The third kappa shape index (κ3) is 5.76. The number of aromatic nitrogens is 4. The summed E-state index contributed by atoms with van der Waals surface area (Å²) in [7, 11) is 0. The third-order valence-electron chi connectivity index (χ3n) is 4.62. The Morgan fingerprint density at radius 3 is 2.15 bits per heavy atom. The number of aryl methyl sites for hydroxylation is 2. The van der Waals surface area contributed by atoms with Crippen LogP contribution >= 0.6 is 12.2 Å². The van der Waals surface area contributed by atoms with E-state index in [0.717, 1.165) is 17.1 Å². The van der Waals surface area contributed by atoms with Gasteiger partial charge in [0.1, 0.15) is 6.07 Å². The lowest BCUT2D eigenvalue weighted by molar-refractivity contribution is 0.0697. The van der Waals surface area contributed by atoms with Gasteiger partial charge in [0.2, 0.25) is 0 Å². The van der Waals surface area contributed by atoms with Crippen molar-refractivity contribution >= 4 is 34.7 Å². The number of hydrogen-bond donors (Lipinski definition) is 4. The molecule has 0 atom stereocenters. The van der Waals surface area contributed by atoms with E-state index in [1.54, 1.807) is 46.2 Å². The van der Waals surface area contributed by atoms with E-state index in [1.807, 2.05) is 32.2 Å². The molecular weight excluding hydrogens is 452 g/mol. The number of nitriles is 1. The summed E-state index contributed by atoms with van der Waals surface area (Å²) in [5.41, 5.74) is 15.8. The molecule has 34 heavy (non-hydrogen) atoms. The van der Waals surface area contributed by atoms with Gasteiger partial charge in [-0.2, -0.15) is 5.26 Å². The summed E-state index contributed by atoms with van der Waals surface area (Å²) in [6.45, 7) is 3.74. The fourth-order valence-corrected chi connectivity index (χ4v) is 3.24. The molecule has 10 nitrogen and oxygen atoms in total. The highest BCUT2D eigenvalue weighted by molar-refractivity contribution is 7.80. The van der Waals surface area contributed by atoms with Gasteiger partial charge in [-0.25, -0.2) is 14.8 Å². The molecule has 0 unspecified atom stereocenters. The number of anilines is 2. The molecule has 2 aromatic carbocycles. The molecule has 172 valence electrons. The number of carboxylic acids is 1. The fourth-order valence-electron chi connectivity index (χ4n) is 3.13. The summed E-state index contributed by atoms with van der Waals surface area (Å²) < 4.78 is 3.47. The van der Waals surface area contributed by atoms with Gasteiger partial charge >= 0.3 is 5.97 Å². The number of thiocarbonyl (C=S) groups is 1. The van der Waals surface area contributed by atoms with Crippen molar-refractivity contribution in [3.8, 4) is 17.4 Å². The lowest BCUT2D eigenvalue weighted by atomic mass is 10.1. The Hall–Kier alpha value is -4.69. The van der Waals surface area contributed by atoms with Crippen LogP contribution in [0, 0.1) is 25.2 Å². The number of rotatable bonds is 4. The van der Waals surface area contributed by atoms with Crippen LogP contribution in [0.4, 0.5) is 11.4 Å². The quantitative estimate of drug-likeness (QED) is 0.257. The maximum Gasteiger partial charge on any atom is 0.337 e. The first-order chi connectivity index (χ1) is 16.2. The highest BCUT2D eigenvalue weighted by Gasteiger charge is 2.12. The van der Waals surface area contributed by atoms with Gasteiger partial charge in [0.05, 0.1) is 46.5 Å². The predicted molar refractivity (Wildman–Crippen MR) is 133 cm³/mol. The molecule has 4 aromatic rings. The van der Waals surface area contributed by atoms with E-state index in [-0.39, 0.29) is 10.7 Å². The van der Waals surface area contributed by atoms with Crippen LogP contribution in [-0.2, 0) is 0 Å². The van der Waals surface area contributed by atoms with Gasteiger partial charge in [-0.05, 0) is 62.5 Å². The predicted octanol–water partition coefficient (Wildman–Crippen LogP) is 3.17. The molecule has 6 N–H and O–H groups in total. The summed E-state index contributed by atoms with van der Waals surface area (Å²) in [5.74, 6) is -1.01. The first-order valence-corrected chi connectivity index (χ1v) is 10.3. The first-order valence-electron chi connectivity index (χ1n) is 9.93. The Morgan fingerprint density at radius 1 is 1.06 bits per heavy atom.